The number of nitrogens with one attached hydrogen (secondary N) is 2. The van der Waals surface area contributed by atoms with E-state index in [0.717, 1.165) is 32.6 Å². The van der Waals surface area contributed by atoms with Crippen molar-refractivity contribution in [2.45, 2.75) is 25.7 Å². The number of amides is 1. The number of likely N-dealkylation sites (N-methyl/N-ethyl adjacent to an activating group) is 1. The Morgan fingerprint density at radius 2 is 2.00 bits per heavy atom. The molecular formula is C15H32N4O. The molecule has 1 heterocycles. The fourth-order valence-corrected chi connectivity index (χ4v) is 2.53. The highest BCUT2D eigenvalue weighted by molar-refractivity contribution is 5.75. The number of likely N-dealkylation sites (tertiary alicyclic amines) is 1. The Labute approximate surface area is 124 Å². The Morgan fingerprint density at radius 3 is 2.60 bits per heavy atom. The van der Waals surface area contributed by atoms with Crippen molar-refractivity contribution >= 4 is 5.91 Å². The minimum absolute atomic E-state index is 0.204. The quantitative estimate of drug-likeness (QED) is 0.601. The summed E-state index contributed by atoms with van der Waals surface area (Å²) < 4.78 is 0. The van der Waals surface area contributed by atoms with Crippen molar-refractivity contribution in [2.75, 3.05) is 60.4 Å². The molecule has 0 bridgehead atoms. The van der Waals surface area contributed by atoms with E-state index in [-0.39, 0.29) is 5.91 Å². The maximum absolute atomic E-state index is 11.6. The largest absolute Gasteiger partial charge is 0.356 e. The number of hydrogen-bond acceptors (Lipinski definition) is 4. The molecule has 0 aromatic carbocycles. The molecule has 1 rings (SSSR count). The Bertz CT molecular complexity index is 263. The van der Waals surface area contributed by atoms with Crippen molar-refractivity contribution in [3.63, 3.8) is 0 Å². The third-order valence-corrected chi connectivity index (χ3v) is 3.99. The highest BCUT2D eigenvalue weighted by atomic mass is 16.1. The van der Waals surface area contributed by atoms with Gasteiger partial charge in [-0.3, -0.25) is 4.79 Å². The molecule has 0 aromatic rings. The molecule has 0 unspecified atom stereocenters. The molecule has 1 aliphatic heterocycles. The molecule has 20 heavy (non-hydrogen) atoms. The molecule has 2 N–H and O–H groups in total. The van der Waals surface area contributed by atoms with Crippen molar-refractivity contribution in [1.29, 1.82) is 0 Å². The average molecular weight is 284 g/mol. The van der Waals surface area contributed by atoms with E-state index in [1.165, 1.54) is 25.9 Å². The first-order chi connectivity index (χ1) is 9.61. The van der Waals surface area contributed by atoms with Crippen molar-refractivity contribution in [1.82, 2.24) is 20.4 Å². The van der Waals surface area contributed by atoms with Crippen molar-refractivity contribution in [2.24, 2.45) is 5.92 Å². The van der Waals surface area contributed by atoms with Gasteiger partial charge >= 0.3 is 0 Å². The molecule has 1 aliphatic rings. The van der Waals surface area contributed by atoms with Gasteiger partial charge in [-0.25, -0.2) is 0 Å². The summed E-state index contributed by atoms with van der Waals surface area (Å²) in [5.74, 6) is 0.870. The van der Waals surface area contributed by atoms with Crippen LogP contribution in [0.3, 0.4) is 0 Å². The number of carbonyl (C=O) groups is 1. The van der Waals surface area contributed by atoms with Crippen molar-refractivity contribution in [3.05, 3.63) is 0 Å². The van der Waals surface area contributed by atoms with Crippen LogP contribution in [0.25, 0.3) is 0 Å². The van der Waals surface area contributed by atoms with Crippen LogP contribution in [0.2, 0.25) is 0 Å². The van der Waals surface area contributed by atoms with Gasteiger partial charge in [0.15, 0.2) is 0 Å². The number of nitrogens with zero attached hydrogens (tertiary/aromatic N) is 2. The van der Waals surface area contributed by atoms with Crippen molar-refractivity contribution in [3.8, 4) is 0 Å². The standard InChI is InChI=1S/C15H32N4O/c1-16-8-4-5-15(20)17-13-14-6-9-19(10-7-14)12-11-18(2)3/h14,16H,4-13H2,1-3H3,(H,17,20). The molecule has 0 aliphatic carbocycles. The molecule has 0 saturated carbocycles. The Balaban J connectivity index is 2.05. The highest BCUT2D eigenvalue weighted by Crippen LogP contribution is 2.16. The lowest BCUT2D eigenvalue weighted by Crippen LogP contribution is -2.41. The fourth-order valence-electron chi connectivity index (χ4n) is 2.53. The lowest BCUT2D eigenvalue weighted by atomic mass is 9.96. The lowest BCUT2D eigenvalue weighted by Gasteiger charge is -2.32. The Morgan fingerprint density at radius 1 is 1.30 bits per heavy atom. The zero-order valence-electron chi connectivity index (χ0n) is 13.5. The third kappa shape index (κ3) is 7.82. The van der Waals surface area contributed by atoms with Gasteiger partial charge < -0.3 is 20.4 Å². The van der Waals surface area contributed by atoms with Gasteiger partial charge in [0, 0.05) is 26.1 Å². The number of rotatable bonds is 9. The van der Waals surface area contributed by atoms with Crippen LogP contribution in [0, 0.1) is 5.92 Å². The molecule has 1 saturated heterocycles. The molecule has 0 atom stereocenters. The number of piperidine rings is 1. The van der Waals surface area contributed by atoms with Gasteiger partial charge in [0.05, 0.1) is 0 Å². The SMILES string of the molecule is CNCCCC(=O)NCC1CCN(CCN(C)C)CC1. The first-order valence-corrected chi connectivity index (χ1v) is 7.90. The monoisotopic (exact) mass is 284 g/mol. The summed E-state index contributed by atoms with van der Waals surface area (Å²) >= 11 is 0. The van der Waals surface area contributed by atoms with Crippen LogP contribution in [-0.2, 0) is 4.79 Å². The molecule has 5 nitrogen and oxygen atoms in total. The molecule has 0 aromatic heterocycles. The molecule has 118 valence electrons. The first kappa shape index (κ1) is 17.4. The van der Waals surface area contributed by atoms with Crippen LogP contribution in [0.1, 0.15) is 25.7 Å². The summed E-state index contributed by atoms with van der Waals surface area (Å²) in [7, 11) is 6.16. The minimum Gasteiger partial charge on any atom is -0.356 e. The zero-order valence-corrected chi connectivity index (χ0v) is 13.5. The summed E-state index contributed by atoms with van der Waals surface area (Å²) in [5, 5.41) is 6.15. The summed E-state index contributed by atoms with van der Waals surface area (Å²) in [5.41, 5.74) is 0. The van der Waals surface area contributed by atoms with Crippen LogP contribution in [0.4, 0.5) is 0 Å². The second-order valence-corrected chi connectivity index (χ2v) is 6.10. The molecule has 5 heteroatoms. The normalized spacial score (nSPS) is 17.6. The van der Waals surface area contributed by atoms with Gasteiger partial charge in [0.25, 0.3) is 0 Å². The number of carbonyl (C=O) groups excluding carboxylic acids is 1. The average Bonchev–Trinajstić information content (AvgIpc) is 2.44. The third-order valence-electron chi connectivity index (χ3n) is 3.99. The van der Waals surface area contributed by atoms with Gasteiger partial charge in [-0.1, -0.05) is 0 Å². The van der Waals surface area contributed by atoms with E-state index >= 15 is 0 Å². The maximum Gasteiger partial charge on any atom is 0.220 e. The smallest absolute Gasteiger partial charge is 0.220 e. The maximum atomic E-state index is 11.6. The molecule has 1 amide bonds. The predicted octanol–water partition coefficient (Wildman–Crippen LogP) is 0.376. The minimum atomic E-state index is 0.204. The zero-order chi connectivity index (χ0) is 14.8. The summed E-state index contributed by atoms with van der Waals surface area (Å²) in [6.45, 7) is 6.42. The predicted molar refractivity (Wildman–Crippen MR) is 83.9 cm³/mol. The molecule has 1 fully saturated rings. The second kappa shape index (κ2) is 10.1. The Hall–Kier alpha value is -0.650. The fraction of sp³-hybridized carbons (Fsp3) is 0.933. The van der Waals surface area contributed by atoms with E-state index in [9.17, 15) is 4.79 Å². The molecule has 0 radical (unpaired) electrons. The first-order valence-electron chi connectivity index (χ1n) is 7.90. The van der Waals surface area contributed by atoms with E-state index in [1.807, 2.05) is 7.05 Å². The number of hydrogen-bond donors (Lipinski definition) is 2. The van der Waals surface area contributed by atoms with E-state index in [2.05, 4.69) is 34.5 Å². The van der Waals surface area contributed by atoms with Gasteiger partial charge in [0.2, 0.25) is 5.91 Å². The van der Waals surface area contributed by atoms with E-state index in [4.69, 9.17) is 0 Å². The van der Waals surface area contributed by atoms with Gasteiger partial charge in [-0.15, -0.1) is 0 Å². The highest BCUT2D eigenvalue weighted by Gasteiger charge is 2.19. The Kier molecular flexibility index (Phi) is 8.82. The van der Waals surface area contributed by atoms with Crippen LogP contribution >= 0.6 is 0 Å². The van der Waals surface area contributed by atoms with E-state index in [1.54, 1.807) is 0 Å². The van der Waals surface area contributed by atoms with E-state index in [0.29, 0.717) is 12.3 Å². The van der Waals surface area contributed by atoms with Gasteiger partial charge in [-0.2, -0.15) is 0 Å². The topological polar surface area (TPSA) is 47.6 Å². The molecule has 0 spiro atoms. The van der Waals surface area contributed by atoms with E-state index < -0.39 is 0 Å². The van der Waals surface area contributed by atoms with Crippen LogP contribution in [0.15, 0.2) is 0 Å². The van der Waals surface area contributed by atoms with Crippen LogP contribution in [0.5, 0.6) is 0 Å². The molecular weight excluding hydrogens is 252 g/mol. The summed E-state index contributed by atoms with van der Waals surface area (Å²) in [4.78, 5) is 16.4. The second-order valence-electron chi connectivity index (χ2n) is 6.10. The summed E-state index contributed by atoms with van der Waals surface area (Å²) in [6, 6.07) is 0. The lowest BCUT2D eigenvalue weighted by molar-refractivity contribution is -0.121. The van der Waals surface area contributed by atoms with Crippen LogP contribution in [-0.4, -0.2) is 76.1 Å². The van der Waals surface area contributed by atoms with Crippen LogP contribution < -0.4 is 10.6 Å². The van der Waals surface area contributed by atoms with Gasteiger partial charge in [0.1, 0.15) is 0 Å². The summed E-state index contributed by atoms with van der Waals surface area (Å²) in [6.07, 6.45) is 3.99. The van der Waals surface area contributed by atoms with Crippen molar-refractivity contribution < 1.29 is 4.79 Å². The van der Waals surface area contributed by atoms with Gasteiger partial charge in [-0.05, 0) is 66.0 Å².